The van der Waals surface area contributed by atoms with Crippen LogP contribution in [-0.4, -0.2) is 51.6 Å². The number of pyridine rings is 1. The SMILES string of the molecule is Cn1nc(NS(C)=O)c2c(Cl)ccc(-c3ccc(C#CC(C)(C)O)nc3C(Cc3cc(F)cc(F)c3)NC(=O)Cn3nc(C(F)F)c4c3C(F)(F)[C@@H]3C[C@H]43)c21. The van der Waals surface area contributed by atoms with Crippen LogP contribution in [0.4, 0.5) is 32.2 Å². The molecule has 1 fully saturated rings. The van der Waals surface area contributed by atoms with Crippen LogP contribution >= 0.6 is 11.6 Å². The number of amides is 1. The molecular formula is C37H32ClF6N7O3S. The lowest BCUT2D eigenvalue weighted by atomic mass is 9.93. The second kappa shape index (κ2) is 14.0. The molecule has 2 unspecified atom stereocenters. The summed E-state index contributed by atoms with van der Waals surface area (Å²) in [6, 6.07) is 7.87. The van der Waals surface area contributed by atoms with Gasteiger partial charge in [0.15, 0.2) is 5.82 Å². The first-order valence-corrected chi connectivity index (χ1v) is 18.8. The molecule has 1 amide bonds. The van der Waals surface area contributed by atoms with Gasteiger partial charge in [0, 0.05) is 42.0 Å². The lowest BCUT2D eigenvalue weighted by Crippen LogP contribution is -2.35. The molecule has 55 heavy (non-hydrogen) atoms. The van der Waals surface area contributed by atoms with Crippen LogP contribution in [0.1, 0.15) is 72.6 Å². The summed E-state index contributed by atoms with van der Waals surface area (Å²) in [5.41, 5.74) is -1.69. The predicted molar refractivity (Wildman–Crippen MR) is 193 cm³/mol. The molecule has 0 radical (unpaired) electrons. The number of fused-ring (bicyclic) bond motifs is 4. The zero-order chi connectivity index (χ0) is 39.7. The number of aryl methyl sites for hydroxylation is 1. The fourth-order valence-electron chi connectivity index (χ4n) is 7.19. The van der Waals surface area contributed by atoms with Crippen LogP contribution in [-0.2, 0) is 41.7 Å². The summed E-state index contributed by atoms with van der Waals surface area (Å²) in [6.07, 6.45) is -2.01. The van der Waals surface area contributed by atoms with Gasteiger partial charge in [-0.3, -0.25) is 18.9 Å². The number of hydrogen-bond acceptors (Lipinski definition) is 6. The first kappa shape index (κ1) is 38.4. The van der Waals surface area contributed by atoms with Gasteiger partial charge in [-0.05, 0) is 74.4 Å². The smallest absolute Gasteiger partial charge is 0.293 e. The number of benzene rings is 2. The molecule has 3 aromatic heterocycles. The van der Waals surface area contributed by atoms with E-state index in [-0.39, 0.29) is 46.2 Å². The van der Waals surface area contributed by atoms with Crippen molar-refractivity contribution >= 4 is 45.2 Å². The zero-order valence-corrected chi connectivity index (χ0v) is 31.1. The number of nitrogens with one attached hydrogen (secondary N) is 2. The molecule has 2 aliphatic carbocycles. The van der Waals surface area contributed by atoms with Crippen LogP contribution < -0.4 is 10.0 Å². The summed E-state index contributed by atoms with van der Waals surface area (Å²) in [7, 11) is 0.0815. The number of aromatic nitrogens is 5. The molecule has 2 aliphatic rings. The molecule has 3 N–H and O–H groups in total. The highest BCUT2D eigenvalue weighted by Crippen LogP contribution is 2.68. The third-order valence-corrected chi connectivity index (χ3v) is 10.2. The van der Waals surface area contributed by atoms with Gasteiger partial charge in [-0.25, -0.2) is 26.8 Å². The first-order valence-electron chi connectivity index (χ1n) is 16.9. The summed E-state index contributed by atoms with van der Waals surface area (Å²) >= 11 is 6.62. The van der Waals surface area contributed by atoms with E-state index in [0.29, 0.717) is 32.8 Å². The molecule has 0 saturated heterocycles. The summed E-state index contributed by atoms with van der Waals surface area (Å²) in [5.74, 6) is -2.53. The third kappa shape index (κ3) is 7.42. The molecule has 0 bridgehead atoms. The highest BCUT2D eigenvalue weighted by molar-refractivity contribution is 7.85. The summed E-state index contributed by atoms with van der Waals surface area (Å²) in [4.78, 5) is 18.6. The van der Waals surface area contributed by atoms with Crippen molar-refractivity contribution in [1.82, 2.24) is 29.9 Å². The Labute approximate surface area is 317 Å². The fraction of sp³-hybridized carbons (Fsp3) is 0.351. The van der Waals surface area contributed by atoms with Crippen LogP contribution in [0.15, 0.2) is 42.5 Å². The number of aliphatic hydroxyl groups is 1. The summed E-state index contributed by atoms with van der Waals surface area (Å²) in [5, 5.41) is 21.9. The molecule has 18 heteroatoms. The van der Waals surface area contributed by atoms with Crippen molar-refractivity contribution in [2.75, 3.05) is 11.0 Å². The van der Waals surface area contributed by atoms with E-state index in [4.69, 9.17) is 16.6 Å². The molecule has 1 saturated carbocycles. The van der Waals surface area contributed by atoms with E-state index < -0.39 is 82.3 Å². The third-order valence-electron chi connectivity index (χ3n) is 9.38. The second-order valence-corrected chi connectivity index (χ2v) is 15.6. The fourth-order valence-corrected chi connectivity index (χ4v) is 7.85. The molecule has 3 heterocycles. The van der Waals surface area contributed by atoms with E-state index in [1.165, 1.54) is 24.8 Å². The minimum absolute atomic E-state index is 0.0352. The van der Waals surface area contributed by atoms with Crippen molar-refractivity contribution in [1.29, 1.82) is 0 Å². The van der Waals surface area contributed by atoms with Gasteiger partial charge >= 0.3 is 0 Å². The van der Waals surface area contributed by atoms with Gasteiger partial charge in [0.1, 0.15) is 51.8 Å². The van der Waals surface area contributed by atoms with Gasteiger partial charge in [0.05, 0.1) is 27.7 Å². The summed E-state index contributed by atoms with van der Waals surface area (Å²) in [6.45, 7) is 2.02. The summed E-state index contributed by atoms with van der Waals surface area (Å²) < 4.78 is 105. The van der Waals surface area contributed by atoms with Gasteiger partial charge in [-0.2, -0.15) is 19.0 Å². The van der Waals surface area contributed by atoms with Gasteiger partial charge in [-0.15, -0.1) is 0 Å². The first-order chi connectivity index (χ1) is 25.8. The molecule has 2 aromatic carbocycles. The quantitative estimate of drug-likeness (QED) is 0.105. The van der Waals surface area contributed by atoms with Crippen molar-refractivity contribution in [2.45, 2.75) is 63.1 Å². The Kier molecular flexibility index (Phi) is 9.75. The van der Waals surface area contributed by atoms with Crippen molar-refractivity contribution in [3.05, 3.63) is 93.0 Å². The van der Waals surface area contributed by atoms with Crippen molar-refractivity contribution in [3.8, 4) is 23.0 Å². The Morgan fingerprint density at radius 1 is 1.11 bits per heavy atom. The number of alkyl halides is 4. The van der Waals surface area contributed by atoms with Crippen molar-refractivity contribution in [3.63, 3.8) is 0 Å². The standard InChI is InChI=1S/C37H32ClF6N7O3S/c1-36(2,53)10-9-20-5-6-21(22-7-8-25(38)29-32(22)50(3)48-35(29)49-55(4)54)30(45-20)26(13-17-11-18(39)14-19(40)12-17)46-27(52)16-51-33-28(31(47-51)34(41)42)23-15-24(23)37(33,43)44/h5-8,11-12,14,23-24,26,34,53H,13,15-16H2,1-4H3,(H,46,52)(H,48,49)/t23-,24+,26?,55?/m0/s1. The molecule has 7 rings (SSSR count). The Balaban J connectivity index is 1.38. The molecule has 0 aliphatic heterocycles. The van der Waals surface area contributed by atoms with Crippen molar-refractivity contribution < 1.29 is 40.5 Å². The normalized spacial score (nSPS) is 18.1. The van der Waals surface area contributed by atoms with Crippen LogP contribution in [0.5, 0.6) is 0 Å². The van der Waals surface area contributed by atoms with E-state index in [1.54, 1.807) is 31.3 Å². The highest BCUT2D eigenvalue weighted by atomic mass is 35.5. The number of carbonyl (C=O) groups is 1. The van der Waals surface area contributed by atoms with E-state index >= 15 is 8.78 Å². The van der Waals surface area contributed by atoms with Crippen LogP contribution in [0, 0.1) is 29.4 Å². The number of carbonyl (C=O) groups excluding carboxylic acids is 1. The topological polar surface area (TPSA) is 127 Å². The molecule has 10 nitrogen and oxygen atoms in total. The Morgan fingerprint density at radius 2 is 1.80 bits per heavy atom. The minimum atomic E-state index is -3.48. The number of rotatable bonds is 10. The Hall–Kier alpha value is -4.92. The maximum Gasteiger partial charge on any atom is 0.293 e. The second-order valence-electron chi connectivity index (χ2n) is 14.1. The molecule has 4 atom stereocenters. The van der Waals surface area contributed by atoms with Gasteiger partial charge in [-0.1, -0.05) is 23.6 Å². The van der Waals surface area contributed by atoms with Crippen molar-refractivity contribution in [2.24, 2.45) is 13.0 Å². The number of hydrogen-bond donors (Lipinski definition) is 3. The van der Waals surface area contributed by atoms with E-state index in [1.807, 2.05) is 0 Å². The van der Waals surface area contributed by atoms with Crippen LogP contribution in [0.2, 0.25) is 5.02 Å². The molecule has 5 aromatic rings. The average Bonchev–Trinajstić information content (AvgIpc) is 3.62. The number of anilines is 1. The Bertz CT molecular complexity index is 2450. The van der Waals surface area contributed by atoms with Gasteiger partial charge < -0.3 is 10.4 Å². The van der Waals surface area contributed by atoms with E-state index in [9.17, 15) is 31.7 Å². The van der Waals surface area contributed by atoms with Crippen LogP contribution in [0.25, 0.3) is 22.0 Å². The van der Waals surface area contributed by atoms with Gasteiger partial charge in [0.2, 0.25) is 5.91 Å². The lowest BCUT2D eigenvalue weighted by Gasteiger charge is -2.23. The largest absolute Gasteiger partial charge is 0.378 e. The number of halogens is 7. The molecule has 288 valence electrons. The van der Waals surface area contributed by atoms with Crippen LogP contribution in [0.3, 0.4) is 0 Å². The number of nitrogens with zero attached hydrogens (tertiary/aromatic N) is 5. The maximum atomic E-state index is 15.4. The van der Waals surface area contributed by atoms with E-state index in [0.717, 1.165) is 12.1 Å². The van der Waals surface area contributed by atoms with Gasteiger partial charge in [0.25, 0.3) is 12.3 Å². The zero-order valence-electron chi connectivity index (χ0n) is 29.5. The maximum absolute atomic E-state index is 15.4. The average molecular weight is 804 g/mol. The lowest BCUT2D eigenvalue weighted by molar-refractivity contribution is -0.123. The predicted octanol–water partition coefficient (Wildman–Crippen LogP) is 6.84. The monoisotopic (exact) mass is 803 g/mol. The molecular weight excluding hydrogens is 772 g/mol. The highest BCUT2D eigenvalue weighted by Gasteiger charge is 2.67. The van der Waals surface area contributed by atoms with E-state index in [2.05, 4.69) is 32.1 Å². The minimum Gasteiger partial charge on any atom is -0.378 e. The Morgan fingerprint density at radius 3 is 2.45 bits per heavy atom. The molecule has 0 spiro atoms.